The number of nitrogens with one attached hydrogen (secondary N) is 1. The first-order valence-electron chi connectivity index (χ1n) is 11.2. The molecule has 11 nitrogen and oxygen atoms in total. The fraction of sp³-hybridized carbons (Fsp3) is 0.522. The standard InChI is InChI=1S/C23H32N6O5/c1-7-15-19(29(31)32)20(24-16-11-8-9-12-17(16)33-6)26-21(25-15)27(5)18-13-10-14-28(18)22(30)34-23(2,3)4/h8-9,11-12,18H,7,10,13-14H2,1-6H3,(H,24,25,26)/t18-/m0/s1. The van der Waals surface area contributed by atoms with Crippen LogP contribution in [-0.2, 0) is 11.2 Å². The summed E-state index contributed by atoms with van der Waals surface area (Å²) in [7, 11) is 3.30. The number of nitro groups is 1. The van der Waals surface area contributed by atoms with E-state index >= 15 is 0 Å². The van der Waals surface area contributed by atoms with Gasteiger partial charge in [-0.25, -0.2) is 9.78 Å². The summed E-state index contributed by atoms with van der Waals surface area (Å²) in [5.41, 5.74) is 0.0224. The Hall–Kier alpha value is -3.63. The van der Waals surface area contributed by atoms with Crippen LogP contribution < -0.4 is 15.0 Å². The third kappa shape index (κ3) is 5.46. The molecule has 1 atom stereocenters. The summed E-state index contributed by atoms with van der Waals surface area (Å²) in [6.45, 7) is 7.81. The van der Waals surface area contributed by atoms with Crippen LogP contribution in [0, 0.1) is 10.1 Å². The third-order valence-electron chi connectivity index (χ3n) is 5.43. The van der Waals surface area contributed by atoms with Gasteiger partial charge in [0.25, 0.3) is 0 Å². The number of rotatable bonds is 7. The molecule has 11 heteroatoms. The van der Waals surface area contributed by atoms with Crippen molar-refractivity contribution in [1.29, 1.82) is 0 Å². The molecule has 1 N–H and O–H groups in total. The molecular weight excluding hydrogens is 440 g/mol. The lowest BCUT2D eigenvalue weighted by molar-refractivity contribution is -0.385. The highest BCUT2D eigenvalue weighted by atomic mass is 16.6. The smallest absolute Gasteiger partial charge is 0.411 e. The van der Waals surface area contributed by atoms with E-state index in [2.05, 4.69) is 15.3 Å². The summed E-state index contributed by atoms with van der Waals surface area (Å²) in [5, 5.41) is 15.0. The molecule has 1 aromatic carbocycles. The van der Waals surface area contributed by atoms with Gasteiger partial charge in [0, 0.05) is 13.6 Å². The second kappa shape index (κ2) is 10.1. The second-order valence-electron chi connectivity index (χ2n) is 9.01. The Bertz CT molecular complexity index is 1050. The first kappa shape index (κ1) is 25.0. The van der Waals surface area contributed by atoms with Crippen LogP contribution in [0.2, 0.25) is 0 Å². The van der Waals surface area contributed by atoms with Crippen LogP contribution in [0.15, 0.2) is 24.3 Å². The quantitative estimate of drug-likeness (QED) is 0.458. The van der Waals surface area contributed by atoms with E-state index in [4.69, 9.17) is 9.47 Å². The summed E-state index contributed by atoms with van der Waals surface area (Å²) in [5.74, 6) is 0.862. The number of para-hydroxylation sites is 2. The molecule has 0 bridgehead atoms. The summed E-state index contributed by atoms with van der Waals surface area (Å²) < 4.78 is 10.9. The maximum Gasteiger partial charge on any atom is 0.411 e. The average Bonchev–Trinajstić information content (AvgIpc) is 3.27. The minimum Gasteiger partial charge on any atom is -0.495 e. The fourth-order valence-corrected chi connectivity index (χ4v) is 3.87. The van der Waals surface area contributed by atoms with E-state index in [0.29, 0.717) is 36.5 Å². The van der Waals surface area contributed by atoms with Gasteiger partial charge in [0.05, 0.1) is 17.7 Å². The van der Waals surface area contributed by atoms with Gasteiger partial charge in [0.15, 0.2) is 0 Å². The van der Waals surface area contributed by atoms with Crippen molar-refractivity contribution < 1.29 is 19.2 Å². The molecule has 2 heterocycles. The minimum atomic E-state index is -0.617. The van der Waals surface area contributed by atoms with Crippen LogP contribution in [0.25, 0.3) is 0 Å². The van der Waals surface area contributed by atoms with Gasteiger partial charge in [-0.15, -0.1) is 0 Å². The van der Waals surface area contributed by atoms with E-state index in [-0.39, 0.29) is 23.6 Å². The number of nitrogens with zero attached hydrogens (tertiary/aromatic N) is 5. The largest absolute Gasteiger partial charge is 0.495 e. The zero-order valence-corrected chi connectivity index (χ0v) is 20.5. The van der Waals surface area contributed by atoms with Crippen molar-refractivity contribution in [2.24, 2.45) is 0 Å². The number of benzene rings is 1. The van der Waals surface area contributed by atoms with E-state index in [1.165, 1.54) is 7.11 Å². The summed E-state index contributed by atoms with van der Waals surface area (Å²) in [4.78, 5) is 36.6. The number of amides is 1. The molecule has 2 aromatic rings. The van der Waals surface area contributed by atoms with Crippen molar-refractivity contribution in [3.8, 4) is 5.75 Å². The number of hydrogen-bond donors (Lipinski definition) is 1. The molecule has 1 fully saturated rings. The first-order valence-corrected chi connectivity index (χ1v) is 11.2. The highest BCUT2D eigenvalue weighted by Crippen LogP contribution is 2.35. The Morgan fingerprint density at radius 2 is 2.03 bits per heavy atom. The first-order chi connectivity index (χ1) is 16.1. The van der Waals surface area contributed by atoms with Gasteiger partial charge in [-0.1, -0.05) is 19.1 Å². The van der Waals surface area contributed by atoms with Crippen molar-refractivity contribution >= 4 is 29.2 Å². The number of aryl methyl sites for hydroxylation is 1. The molecule has 0 radical (unpaired) electrons. The van der Waals surface area contributed by atoms with Gasteiger partial charge < -0.3 is 19.7 Å². The monoisotopic (exact) mass is 472 g/mol. The van der Waals surface area contributed by atoms with Gasteiger partial charge in [0.2, 0.25) is 11.8 Å². The van der Waals surface area contributed by atoms with Crippen molar-refractivity contribution in [3.63, 3.8) is 0 Å². The predicted molar refractivity (Wildman–Crippen MR) is 129 cm³/mol. The summed E-state index contributed by atoms with van der Waals surface area (Å²) in [6, 6.07) is 7.10. The van der Waals surface area contributed by atoms with E-state index in [0.717, 1.165) is 6.42 Å². The Morgan fingerprint density at radius 1 is 1.32 bits per heavy atom. The maximum atomic E-state index is 12.8. The number of methoxy groups -OCH3 is 1. The molecule has 0 saturated carbocycles. The number of likely N-dealkylation sites (tertiary alicyclic amines) is 1. The Labute approximate surface area is 199 Å². The highest BCUT2D eigenvalue weighted by molar-refractivity contribution is 5.72. The lowest BCUT2D eigenvalue weighted by Gasteiger charge is -2.34. The SMILES string of the molecule is CCc1nc(N(C)[C@@H]2CCCN2C(=O)OC(C)(C)C)nc(Nc2ccccc2OC)c1[N+](=O)[O-]. The molecule has 0 unspecified atom stereocenters. The molecule has 3 rings (SSSR count). The van der Waals surface area contributed by atoms with Crippen molar-refractivity contribution in [2.75, 3.05) is 30.9 Å². The molecule has 184 valence electrons. The Balaban J connectivity index is 2.00. The molecule has 34 heavy (non-hydrogen) atoms. The molecule has 1 aromatic heterocycles. The molecule has 1 amide bonds. The lowest BCUT2D eigenvalue weighted by Crippen LogP contribution is -2.48. The van der Waals surface area contributed by atoms with Crippen LogP contribution in [0.4, 0.5) is 27.9 Å². The number of ether oxygens (including phenoxy) is 2. The maximum absolute atomic E-state index is 12.8. The van der Waals surface area contributed by atoms with Crippen LogP contribution in [-0.4, -0.2) is 58.4 Å². The topological polar surface area (TPSA) is 123 Å². The Morgan fingerprint density at radius 3 is 2.65 bits per heavy atom. The lowest BCUT2D eigenvalue weighted by atomic mass is 10.2. The van der Waals surface area contributed by atoms with Crippen molar-refractivity contribution in [2.45, 2.75) is 58.7 Å². The predicted octanol–water partition coefficient (Wildman–Crippen LogP) is 4.49. The average molecular weight is 473 g/mol. The zero-order chi connectivity index (χ0) is 25.0. The number of anilines is 3. The van der Waals surface area contributed by atoms with Gasteiger partial charge in [0.1, 0.15) is 23.2 Å². The van der Waals surface area contributed by atoms with Crippen LogP contribution in [0.1, 0.15) is 46.2 Å². The molecule has 0 spiro atoms. The van der Waals surface area contributed by atoms with Crippen molar-refractivity contribution in [1.82, 2.24) is 14.9 Å². The van der Waals surface area contributed by atoms with Gasteiger partial charge in [-0.05, 0) is 52.2 Å². The normalized spacial score (nSPS) is 15.7. The van der Waals surface area contributed by atoms with Crippen LogP contribution in [0.5, 0.6) is 5.75 Å². The minimum absolute atomic E-state index is 0.0602. The zero-order valence-electron chi connectivity index (χ0n) is 20.5. The number of carbonyl (C=O) groups is 1. The van der Waals surface area contributed by atoms with Gasteiger partial charge in [-0.2, -0.15) is 4.98 Å². The van der Waals surface area contributed by atoms with E-state index in [1.807, 2.05) is 20.8 Å². The number of aromatic nitrogens is 2. The van der Waals surface area contributed by atoms with E-state index in [1.54, 1.807) is 48.0 Å². The highest BCUT2D eigenvalue weighted by Gasteiger charge is 2.36. The molecule has 0 aliphatic carbocycles. The number of carbonyl (C=O) groups excluding carboxylic acids is 1. The summed E-state index contributed by atoms with van der Waals surface area (Å²) >= 11 is 0. The number of hydrogen-bond acceptors (Lipinski definition) is 9. The van der Waals surface area contributed by atoms with Crippen LogP contribution in [0.3, 0.4) is 0 Å². The Kier molecular flexibility index (Phi) is 7.43. The fourth-order valence-electron chi connectivity index (χ4n) is 3.87. The van der Waals surface area contributed by atoms with Gasteiger partial charge >= 0.3 is 11.8 Å². The molecule has 1 aliphatic heterocycles. The molecular formula is C23H32N6O5. The van der Waals surface area contributed by atoms with E-state index < -0.39 is 16.6 Å². The second-order valence-corrected chi connectivity index (χ2v) is 9.01. The third-order valence-corrected chi connectivity index (χ3v) is 5.43. The summed E-state index contributed by atoms with van der Waals surface area (Å²) in [6.07, 6.45) is 1.09. The van der Waals surface area contributed by atoms with Crippen molar-refractivity contribution in [3.05, 3.63) is 40.1 Å². The van der Waals surface area contributed by atoms with E-state index in [9.17, 15) is 14.9 Å². The van der Waals surface area contributed by atoms with Crippen LogP contribution >= 0.6 is 0 Å². The molecule has 1 aliphatic rings. The van der Waals surface area contributed by atoms with Gasteiger partial charge in [-0.3, -0.25) is 15.0 Å². The molecule has 1 saturated heterocycles.